The van der Waals surface area contributed by atoms with Gasteiger partial charge in [0.05, 0.1) is 5.92 Å². The first kappa shape index (κ1) is 22.9. The second-order valence-corrected chi connectivity index (χ2v) is 10.1. The third kappa shape index (κ3) is 8.46. The zero-order valence-electron chi connectivity index (χ0n) is 19.3. The molecule has 1 aromatic heterocycles. The van der Waals surface area contributed by atoms with Crippen LogP contribution in [-0.4, -0.2) is 4.98 Å². The Morgan fingerprint density at radius 1 is 0.517 bits per heavy atom. The van der Waals surface area contributed by atoms with E-state index < -0.39 is 0 Å². The number of aromatic amines is 1. The van der Waals surface area contributed by atoms with Gasteiger partial charge in [-0.25, -0.2) is 9.55 Å². The summed E-state index contributed by atoms with van der Waals surface area (Å²) in [6.07, 6.45) is 36.3. The van der Waals surface area contributed by atoms with Crippen LogP contribution in [0.2, 0.25) is 0 Å². The van der Waals surface area contributed by atoms with Gasteiger partial charge in [-0.05, 0) is 38.5 Å². The van der Waals surface area contributed by atoms with Gasteiger partial charge in [0.25, 0.3) is 5.82 Å². The molecular weight excluding hydrogens is 352 g/mol. The van der Waals surface area contributed by atoms with Crippen molar-refractivity contribution in [2.45, 2.75) is 153 Å². The molecule has 1 heterocycles. The lowest BCUT2D eigenvalue weighted by molar-refractivity contribution is -0.731. The van der Waals surface area contributed by atoms with Gasteiger partial charge in [-0.2, -0.15) is 0 Å². The molecule has 1 aromatic rings. The van der Waals surface area contributed by atoms with E-state index >= 15 is 0 Å². The molecule has 0 amide bonds. The molecule has 0 spiro atoms. The lowest BCUT2D eigenvalue weighted by Crippen LogP contribution is -2.42. The second kappa shape index (κ2) is 14.3. The molecular formula is C27H49N2+. The Morgan fingerprint density at radius 2 is 0.897 bits per heavy atom. The molecule has 2 nitrogen and oxygen atoms in total. The van der Waals surface area contributed by atoms with Gasteiger partial charge in [-0.1, -0.05) is 103 Å². The molecule has 0 bridgehead atoms. The molecule has 3 rings (SSSR count). The number of nitrogens with zero attached hydrogens (tertiary/aromatic N) is 1. The predicted molar refractivity (Wildman–Crippen MR) is 124 cm³/mol. The van der Waals surface area contributed by atoms with Crippen molar-refractivity contribution in [2.24, 2.45) is 0 Å². The number of H-pyrrole nitrogens is 1. The topological polar surface area (TPSA) is 19.7 Å². The van der Waals surface area contributed by atoms with E-state index in [0.29, 0.717) is 0 Å². The van der Waals surface area contributed by atoms with Crippen molar-refractivity contribution in [1.82, 2.24) is 4.98 Å². The second-order valence-electron chi connectivity index (χ2n) is 10.1. The first-order valence-electron chi connectivity index (χ1n) is 13.5. The highest BCUT2D eigenvalue weighted by molar-refractivity contribution is 4.91. The monoisotopic (exact) mass is 401 g/mol. The summed E-state index contributed by atoms with van der Waals surface area (Å²) in [5.74, 6) is 2.32. The summed E-state index contributed by atoms with van der Waals surface area (Å²) in [4.78, 5) is 3.73. The first-order valence-corrected chi connectivity index (χ1v) is 13.5. The fourth-order valence-corrected chi connectivity index (χ4v) is 5.86. The van der Waals surface area contributed by atoms with E-state index in [2.05, 4.69) is 21.9 Å². The number of imidazole rings is 1. The third-order valence-electron chi connectivity index (χ3n) is 7.70. The van der Waals surface area contributed by atoms with Crippen LogP contribution in [0.1, 0.15) is 159 Å². The summed E-state index contributed by atoms with van der Waals surface area (Å²) < 4.78 is 2.71. The molecule has 0 atom stereocenters. The summed E-state index contributed by atoms with van der Waals surface area (Å²) >= 11 is 0. The zero-order chi connectivity index (χ0) is 20.0. The Morgan fingerprint density at radius 3 is 1.34 bits per heavy atom. The molecule has 0 radical (unpaired) electrons. The molecule has 29 heavy (non-hydrogen) atoms. The minimum atomic E-state index is 0.733. The molecule has 0 unspecified atom stereocenters. The average Bonchev–Trinajstić information content (AvgIpc) is 3.18. The lowest BCUT2D eigenvalue weighted by atomic mass is 9.91. The Kier molecular flexibility index (Phi) is 11.3. The maximum absolute atomic E-state index is 3.73. The average molecular weight is 402 g/mol. The van der Waals surface area contributed by atoms with Crippen molar-refractivity contribution >= 4 is 0 Å². The normalized spacial score (nSPS) is 24.0. The number of aromatic nitrogens is 2. The van der Waals surface area contributed by atoms with Crippen molar-refractivity contribution in [3.8, 4) is 0 Å². The van der Waals surface area contributed by atoms with Gasteiger partial charge < -0.3 is 0 Å². The fraction of sp³-hybridized carbons (Fsp3) is 0.889. The molecule has 0 aromatic carbocycles. The van der Waals surface area contributed by atoms with Crippen molar-refractivity contribution in [3.63, 3.8) is 0 Å². The molecule has 2 aliphatic carbocycles. The van der Waals surface area contributed by atoms with Gasteiger partial charge in [-0.3, -0.25) is 0 Å². The Labute approximate surface area is 181 Å². The van der Waals surface area contributed by atoms with Gasteiger partial charge >= 0.3 is 0 Å². The van der Waals surface area contributed by atoms with Gasteiger partial charge in [0.15, 0.2) is 0 Å². The smallest absolute Gasteiger partial charge is 0.247 e. The summed E-state index contributed by atoms with van der Waals surface area (Å²) in [7, 11) is 0. The molecule has 2 fully saturated rings. The van der Waals surface area contributed by atoms with Crippen molar-refractivity contribution < 1.29 is 4.57 Å². The molecule has 0 saturated heterocycles. The van der Waals surface area contributed by atoms with Crippen molar-refractivity contribution in [1.29, 1.82) is 0 Å². The van der Waals surface area contributed by atoms with Crippen LogP contribution in [-0.2, 0) is 0 Å². The highest BCUT2D eigenvalue weighted by atomic mass is 15.1. The molecule has 166 valence electrons. The quantitative estimate of drug-likeness (QED) is 0.479. The van der Waals surface area contributed by atoms with Crippen LogP contribution in [0.5, 0.6) is 0 Å². The van der Waals surface area contributed by atoms with Crippen LogP contribution in [0.4, 0.5) is 0 Å². The summed E-state index contributed by atoms with van der Waals surface area (Å²) in [5, 5.41) is 0. The van der Waals surface area contributed by atoms with Crippen LogP contribution < -0.4 is 4.57 Å². The number of nitrogens with one attached hydrogen (secondary N) is 1. The lowest BCUT2D eigenvalue weighted by Gasteiger charge is -2.20. The van der Waals surface area contributed by atoms with Crippen LogP contribution >= 0.6 is 0 Å². The van der Waals surface area contributed by atoms with Crippen LogP contribution in [0.15, 0.2) is 12.4 Å². The highest BCUT2D eigenvalue weighted by Crippen LogP contribution is 2.29. The Balaban J connectivity index is 1.64. The summed E-state index contributed by atoms with van der Waals surface area (Å²) in [5.41, 5.74) is 0. The fourth-order valence-electron chi connectivity index (χ4n) is 5.86. The molecule has 1 N–H and O–H groups in total. The predicted octanol–water partition coefficient (Wildman–Crippen LogP) is 8.54. The summed E-state index contributed by atoms with van der Waals surface area (Å²) in [6, 6.07) is 0.733. The Hall–Kier alpha value is -0.790. The minimum Gasteiger partial charge on any atom is -0.247 e. The molecule has 0 aliphatic heterocycles. The van der Waals surface area contributed by atoms with Crippen LogP contribution in [0, 0.1) is 0 Å². The van der Waals surface area contributed by atoms with Crippen LogP contribution in [0.3, 0.4) is 0 Å². The standard InChI is InChI=1S/C27H48N2/c1-3-7-11-15-19-25(20-16-12-8-4-1)27-28-23-24-29(27)26-21-17-13-9-5-2-6-10-14-18-22-26/h23-26H,1-22H2/p+1. The van der Waals surface area contributed by atoms with Crippen molar-refractivity contribution in [2.75, 3.05) is 0 Å². The molecule has 2 aliphatic rings. The minimum absolute atomic E-state index is 0.733. The SMILES string of the molecule is c1c[n+](C2CCCCCCCCCCC2)c(C2CCCCCCCCCCC2)[nH]1. The Bertz CT molecular complexity index is 452. The van der Waals surface area contributed by atoms with E-state index in [4.69, 9.17) is 0 Å². The largest absolute Gasteiger partial charge is 0.257 e. The number of rotatable bonds is 2. The maximum Gasteiger partial charge on any atom is 0.257 e. The summed E-state index contributed by atoms with van der Waals surface area (Å²) in [6.45, 7) is 0. The number of hydrogen-bond acceptors (Lipinski definition) is 0. The van der Waals surface area contributed by atoms with Crippen molar-refractivity contribution in [3.05, 3.63) is 18.2 Å². The van der Waals surface area contributed by atoms with Gasteiger partial charge in [0.2, 0.25) is 0 Å². The maximum atomic E-state index is 3.73. The van der Waals surface area contributed by atoms with Gasteiger partial charge in [0.1, 0.15) is 18.4 Å². The van der Waals surface area contributed by atoms with E-state index in [9.17, 15) is 0 Å². The van der Waals surface area contributed by atoms with E-state index in [-0.39, 0.29) is 0 Å². The van der Waals surface area contributed by atoms with E-state index in [0.717, 1.165) is 12.0 Å². The highest BCUT2D eigenvalue weighted by Gasteiger charge is 2.27. The van der Waals surface area contributed by atoms with Gasteiger partial charge in [-0.15, -0.1) is 0 Å². The molecule has 2 saturated carbocycles. The van der Waals surface area contributed by atoms with Gasteiger partial charge in [0, 0.05) is 0 Å². The zero-order valence-corrected chi connectivity index (χ0v) is 19.3. The molecule has 2 heteroatoms. The first-order chi connectivity index (χ1) is 14.4. The third-order valence-corrected chi connectivity index (χ3v) is 7.70. The van der Waals surface area contributed by atoms with E-state index in [1.54, 1.807) is 5.82 Å². The van der Waals surface area contributed by atoms with Crippen LogP contribution in [0.25, 0.3) is 0 Å². The van der Waals surface area contributed by atoms with E-state index in [1.165, 1.54) is 141 Å². The van der Waals surface area contributed by atoms with E-state index in [1.807, 2.05) is 0 Å². The number of hydrogen-bond donors (Lipinski definition) is 1.